The molecule has 2 N–H and O–H groups in total. The van der Waals surface area contributed by atoms with E-state index in [4.69, 9.17) is 4.74 Å². The van der Waals surface area contributed by atoms with Gasteiger partial charge in [-0.15, -0.1) is 0 Å². The summed E-state index contributed by atoms with van der Waals surface area (Å²) >= 11 is 3.14. The van der Waals surface area contributed by atoms with Crippen molar-refractivity contribution < 1.29 is 29.3 Å². The van der Waals surface area contributed by atoms with Gasteiger partial charge in [0.2, 0.25) is 5.60 Å². The molecule has 260 valence electrons. The first-order valence-electron chi connectivity index (χ1n) is 18.5. The van der Waals surface area contributed by atoms with Crippen LogP contribution in [0.15, 0.2) is 0 Å². The fourth-order valence-electron chi connectivity index (χ4n) is 5.71. The molecule has 0 aromatic carbocycles. The number of ether oxygens (including phenoxy) is 1. The van der Waals surface area contributed by atoms with Crippen LogP contribution in [0.1, 0.15) is 201 Å². The van der Waals surface area contributed by atoms with Crippen molar-refractivity contribution in [2.24, 2.45) is 0 Å². The van der Waals surface area contributed by atoms with Crippen LogP contribution in [-0.4, -0.2) is 44.5 Å². The smallest absolute Gasteiger partial charge is 0.350 e. The third-order valence-corrected chi connectivity index (χ3v) is 9.57. The minimum atomic E-state index is -2.51. The molecule has 0 radical (unpaired) electrons. The summed E-state index contributed by atoms with van der Waals surface area (Å²) in [6, 6.07) is 0. The molecule has 0 saturated carbocycles. The highest BCUT2D eigenvalue weighted by atomic mass is 79.9. The first-order valence-corrected chi connectivity index (χ1v) is 19.5. The third kappa shape index (κ3) is 21.9. The second kappa shape index (κ2) is 29.6. The molecular weight excluding hydrogens is 620 g/mol. The minimum absolute atomic E-state index is 0.0687. The maximum Gasteiger partial charge on any atom is 0.350 e. The Kier molecular flexibility index (Phi) is 29.1. The molecule has 0 fully saturated rings. The Hall–Kier alpha value is -0.790. The molecular formula is C37H69BrO6. The summed E-state index contributed by atoms with van der Waals surface area (Å²) in [5.41, 5.74) is -2.51. The second-order valence-electron chi connectivity index (χ2n) is 13.1. The normalized spacial score (nSPS) is 14.2. The van der Waals surface area contributed by atoms with E-state index in [9.17, 15) is 24.6 Å². The van der Waals surface area contributed by atoms with Crippen LogP contribution < -0.4 is 0 Å². The molecule has 0 rings (SSSR count). The monoisotopic (exact) mass is 688 g/mol. The fourth-order valence-corrected chi connectivity index (χ4v) is 6.15. The Labute approximate surface area is 279 Å². The lowest BCUT2D eigenvalue weighted by Crippen LogP contribution is -2.59. The van der Waals surface area contributed by atoms with E-state index in [0.717, 1.165) is 38.5 Å². The summed E-state index contributed by atoms with van der Waals surface area (Å²) in [4.78, 5) is 36.7. The number of halogens is 1. The highest BCUT2D eigenvalue weighted by Gasteiger charge is 2.52. The molecule has 0 spiro atoms. The number of rotatable bonds is 32. The van der Waals surface area contributed by atoms with Gasteiger partial charge in [0.1, 0.15) is 0 Å². The molecule has 6 nitrogen and oxygen atoms in total. The van der Waals surface area contributed by atoms with Crippen LogP contribution in [0.2, 0.25) is 0 Å². The van der Waals surface area contributed by atoms with Crippen LogP contribution in [-0.2, 0) is 19.1 Å². The zero-order valence-corrected chi connectivity index (χ0v) is 30.4. The molecule has 0 aliphatic heterocycles. The van der Waals surface area contributed by atoms with Gasteiger partial charge in [0.25, 0.3) is 0 Å². The lowest BCUT2D eigenvalue weighted by Gasteiger charge is -2.31. The van der Waals surface area contributed by atoms with Crippen LogP contribution in [0.4, 0.5) is 0 Å². The summed E-state index contributed by atoms with van der Waals surface area (Å²) in [6.07, 6.45) is 28.9. The molecule has 0 aliphatic rings. The number of Topliss-reactive ketones (excluding diaryl/α,β-unsaturated/α-hetero) is 1. The molecule has 0 aromatic rings. The van der Waals surface area contributed by atoms with Crippen molar-refractivity contribution in [2.75, 3.05) is 0 Å². The van der Waals surface area contributed by atoms with Crippen molar-refractivity contribution in [1.82, 2.24) is 0 Å². The third-order valence-electron chi connectivity index (χ3n) is 8.87. The van der Waals surface area contributed by atoms with E-state index >= 15 is 0 Å². The van der Waals surface area contributed by atoms with E-state index in [2.05, 4.69) is 29.8 Å². The SMILES string of the molecule is CCCCCCCCCCCCCCCC(=O)OC(=O)C(O)(C(C)Br)C(O)C(=O)CCCCCCCCCCCCCCC. The van der Waals surface area contributed by atoms with E-state index < -0.39 is 34.3 Å². The van der Waals surface area contributed by atoms with E-state index in [-0.39, 0.29) is 12.8 Å². The molecule has 0 amide bonds. The van der Waals surface area contributed by atoms with Gasteiger partial charge in [0.15, 0.2) is 11.9 Å². The maximum absolute atomic E-state index is 12.8. The molecule has 44 heavy (non-hydrogen) atoms. The number of esters is 2. The molecule has 0 heterocycles. The molecule has 7 heteroatoms. The predicted molar refractivity (Wildman–Crippen MR) is 186 cm³/mol. The van der Waals surface area contributed by atoms with Gasteiger partial charge in [0, 0.05) is 12.8 Å². The summed E-state index contributed by atoms with van der Waals surface area (Å²) in [5, 5.41) is 21.6. The van der Waals surface area contributed by atoms with Gasteiger partial charge < -0.3 is 14.9 Å². The number of aliphatic hydroxyl groups excluding tert-OH is 1. The quantitative estimate of drug-likeness (QED) is 0.0316. The predicted octanol–water partition coefficient (Wildman–Crippen LogP) is 10.5. The number of hydrogen-bond donors (Lipinski definition) is 2. The van der Waals surface area contributed by atoms with Crippen LogP contribution in [0.25, 0.3) is 0 Å². The van der Waals surface area contributed by atoms with Crippen molar-refractivity contribution in [3.8, 4) is 0 Å². The zero-order chi connectivity index (χ0) is 32.9. The Morgan fingerprint density at radius 2 is 0.864 bits per heavy atom. The average Bonchev–Trinajstić information content (AvgIpc) is 3.00. The molecule has 0 aromatic heterocycles. The van der Waals surface area contributed by atoms with Gasteiger partial charge in [-0.2, -0.15) is 0 Å². The zero-order valence-electron chi connectivity index (χ0n) is 28.9. The number of unbranched alkanes of at least 4 members (excludes halogenated alkanes) is 24. The molecule has 0 saturated heterocycles. The Balaban J connectivity index is 4.11. The van der Waals surface area contributed by atoms with E-state index in [1.54, 1.807) is 0 Å². The van der Waals surface area contributed by atoms with Crippen molar-refractivity contribution in [3.05, 3.63) is 0 Å². The summed E-state index contributed by atoms with van der Waals surface area (Å²) in [6.45, 7) is 5.94. The fraction of sp³-hybridized carbons (Fsp3) is 0.919. The molecule has 3 unspecified atom stereocenters. The van der Waals surface area contributed by atoms with Crippen molar-refractivity contribution in [2.45, 2.75) is 217 Å². The Bertz CT molecular complexity index is 712. The number of carbonyl (C=O) groups is 3. The Morgan fingerprint density at radius 1 is 0.568 bits per heavy atom. The Morgan fingerprint density at radius 3 is 1.18 bits per heavy atom. The highest BCUT2D eigenvalue weighted by molar-refractivity contribution is 9.09. The van der Waals surface area contributed by atoms with Gasteiger partial charge in [0.05, 0.1) is 4.83 Å². The van der Waals surface area contributed by atoms with E-state index in [1.807, 2.05) is 0 Å². The first kappa shape index (κ1) is 43.2. The summed E-state index contributed by atoms with van der Waals surface area (Å²) in [5.74, 6) is -2.61. The average molecular weight is 690 g/mol. The largest absolute Gasteiger partial charge is 0.391 e. The number of ketones is 1. The van der Waals surface area contributed by atoms with Crippen molar-refractivity contribution in [1.29, 1.82) is 0 Å². The number of hydrogen-bond acceptors (Lipinski definition) is 6. The first-order chi connectivity index (χ1) is 21.2. The topological polar surface area (TPSA) is 101 Å². The number of alkyl halides is 1. The summed E-state index contributed by atoms with van der Waals surface area (Å²) in [7, 11) is 0. The van der Waals surface area contributed by atoms with E-state index in [1.165, 1.54) is 122 Å². The molecule has 0 aliphatic carbocycles. The lowest BCUT2D eigenvalue weighted by atomic mass is 9.88. The highest BCUT2D eigenvalue weighted by Crippen LogP contribution is 2.27. The van der Waals surface area contributed by atoms with Crippen LogP contribution in [0, 0.1) is 0 Å². The van der Waals surface area contributed by atoms with Gasteiger partial charge in [-0.3, -0.25) is 9.59 Å². The van der Waals surface area contributed by atoms with Crippen molar-refractivity contribution >= 4 is 33.7 Å². The van der Waals surface area contributed by atoms with Crippen LogP contribution in [0.3, 0.4) is 0 Å². The standard InChI is InChI=1S/C37H69BrO6/c1-4-6-8-10-12-14-16-18-20-22-24-26-28-30-33(39)35(41)37(43,32(3)38)36(42)44-34(40)31-29-27-25-23-21-19-17-15-13-11-9-7-5-2/h32,35,41,43H,4-31H2,1-3H3. The van der Waals surface area contributed by atoms with Gasteiger partial charge in [-0.05, 0) is 19.8 Å². The van der Waals surface area contributed by atoms with Gasteiger partial charge in [-0.25, -0.2) is 4.79 Å². The number of aliphatic hydroxyl groups is 2. The van der Waals surface area contributed by atoms with Crippen LogP contribution >= 0.6 is 15.9 Å². The number of carbonyl (C=O) groups excluding carboxylic acids is 3. The summed E-state index contributed by atoms with van der Waals surface area (Å²) < 4.78 is 4.91. The van der Waals surface area contributed by atoms with Gasteiger partial charge in [-0.1, -0.05) is 184 Å². The second-order valence-corrected chi connectivity index (χ2v) is 14.4. The maximum atomic E-state index is 12.8. The van der Waals surface area contributed by atoms with Crippen LogP contribution in [0.5, 0.6) is 0 Å². The van der Waals surface area contributed by atoms with Gasteiger partial charge >= 0.3 is 11.9 Å². The van der Waals surface area contributed by atoms with E-state index in [0.29, 0.717) is 12.8 Å². The van der Waals surface area contributed by atoms with Crippen molar-refractivity contribution in [3.63, 3.8) is 0 Å². The minimum Gasteiger partial charge on any atom is -0.391 e. The molecule has 0 bridgehead atoms. The molecule has 3 atom stereocenters. The lowest BCUT2D eigenvalue weighted by molar-refractivity contribution is -0.185.